The normalized spacial score (nSPS) is 10.0. The number of hydrogen-bond donors (Lipinski definition) is 1. The number of benzene rings is 1. The van der Waals surface area contributed by atoms with Gasteiger partial charge in [0.1, 0.15) is 0 Å². The predicted octanol–water partition coefficient (Wildman–Crippen LogP) is 2.95. The van der Waals surface area contributed by atoms with E-state index in [1.54, 1.807) is 12.3 Å². The summed E-state index contributed by atoms with van der Waals surface area (Å²) in [5, 5.41) is 2.84. The van der Waals surface area contributed by atoms with Gasteiger partial charge in [-0.05, 0) is 43.7 Å². The first-order chi connectivity index (χ1) is 8.15. The zero-order valence-electron chi connectivity index (χ0n) is 9.90. The van der Waals surface area contributed by atoms with E-state index in [9.17, 15) is 4.79 Å². The topological polar surface area (TPSA) is 42.0 Å². The molecule has 2 rings (SSSR count). The second-order valence-corrected chi connectivity index (χ2v) is 4.01. The highest BCUT2D eigenvalue weighted by atomic mass is 16.1. The summed E-state index contributed by atoms with van der Waals surface area (Å²) in [6, 6.07) is 11.3. The van der Waals surface area contributed by atoms with E-state index >= 15 is 0 Å². The summed E-state index contributed by atoms with van der Waals surface area (Å²) in [6.07, 6.45) is 1.58. The minimum Gasteiger partial charge on any atom is -0.322 e. The van der Waals surface area contributed by atoms with Gasteiger partial charge in [-0.25, -0.2) is 0 Å². The van der Waals surface area contributed by atoms with Crippen molar-refractivity contribution in [3.8, 4) is 0 Å². The molecule has 3 heteroatoms. The molecule has 0 aliphatic carbocycles. The molecule has 2 aromatic rings. The summed E-state index contributed by atoms with van der Waals surface area (Å²) >= 11 is 0. The van der Waals surface area contributed by atoms with Crippen molar-refractivity contribution in [1.29, 1.82) is 0 Å². The number of pyridine rings is 1. The molecule has 1 aromatic carbocycles. The fraction of sp³-hybridized carbons (Fsp3) is 0.143. The highest BCUT2D eigenvalue weighted by Crippen LogP contribution is 2.11. The lowest BCUT2D eigenvalue weighted by molar-refractivity contribution is 0.102. The van der Waals surface area contributed by atoms with Gasteiger partial charge in [0.15, 0.2) is 0 Å². The van der Waals surface area contributed by atoms with Crippen LogP contribution < -0.4 is 5.32 Å². The van der Waals surface area contributed by atoms with Gasteiger partial charge in [-0.15, -0.1) is 0 Å². The van der Waals surface area contributed by atoms with E-state index in [-0.39, 0.29) is 5.91 Å². The molecule has 3 nitrogen and oxygen atoms in total. The fourth-order valence-electron chi connectivity index (χ4n) is 1.53. The van der Waals surface area contributed by atoms with Crippen LogP contribution in [0.25, 0.3) is 0 Å². The largest absolute Gasteiger partial charge is 0.322 e. The zero-order valence-corrected chi connectivity index (χ0v) is 9.90. The molecular formula is C14H14N2O. The molecule has 1 N–H and O–H groups in total. The van der Waals surface area contributed by atoms with Gasteiger partial charge in [-0.2, -0.15) is 0 Å². The van der Waals surface area contributed by atoms with Crippen LogP contribution >= 0.6 is 0 Å². The van der Waals surface area contributed by atoms with Gasteiger partial charge in [0, 0.05) is 17.6 Å². The van der Waals surface area contributed by atoms with Gasteiger partial charge in [-0.1, -0.05) is 12.1 Å². The minimum absolute atomic E-state index is 0.136. The smallest absolute Gasteiger partial charge is 0.257 e. The standard InChI is InChI=1S/C14H14N2O/c1-10-4-3-5-13(8-10)16-14(17)12-7-6-11(2)15-9-12/h3-9H,1-2H3,(H,16,17). The lowest BCUT2D eigenvalue weighted by Crippen LogP contribution is -2.12. The first kappa shape index (κ1) is 11.3. The SMILES string of the molecule is Cc1cccc(NC(=O)c2ccc(C)nc2)c1. The van der Waals surface area contributed by atoms with Crippen molar-refractivity contribution in [2.24, 2.45) is 0 Å². The number of nitrogens with one attached hydrogen (secondary N) is 1. The maximum Gasteiger partial charge on any atom is 0.257 e. The van der Waals surface area contributed by atoms with Crippen LogP contribution in [0.4, 0.5) is 5.69 Å². The summed E-state index contributed by atoms with van der Waals surface area (Å²) in [6.45, 7) is 3.88. The molecule has 1 amide bonds. The highest BCUT2D eigenvalue weighted by molar-refractivity contribution is 6.04. The number of aryl methyl sites for hydroxylation is 2. The number of carbonyl (C=O) groups is 1. The summed E-state index contributed by atoms with van der Waals surface area (Å²) in [7, 11) is 0. The van der Waals surface area contributed by atoms with Crippen molar-refractivity contribution >= 4 is 11.6 Å². The molecule has 1 aromatic heterocycles. The Morgan fingerprint density at radius 1 is 1.18 bits per heavy atom. The Balaban J connectivity index is 2.14. The van der Waals surface area contributed by atoms with E-state index in [2.05, 4.69) is 10.3 Å². The molecule has 0 unspecified atom stereocenters. The van der Waals surface area contributed by atoms with E-state index in [1.807, 2.05) is 44.2 Å². The maximum absolute atomic E-state index is 11.9. The molecule has 0 bridgehead atoms. The Bertz CT molecular complexity index is 532. The average Bonchev–Trinajstić information content (AvgIpc) is 2.29. The molecule has 17 heavy (non-hydrogen) atoms. The predicted molar refractivity (Wildman–Crippen MR) is 68.1 cm³/mol. The Labute approximate surface area is 101 Å². The number of hydrogen-bond acceptors (Lipinski definition) is 2. The van der Waals surface area contributed by atoms with Gasteiger partial charge in [0.25, 0.3) is 5.91 Å². The van der Waals surface area contributed by atoms with Crippen LogP contribution in [0.15, 0.2) is 42.6 Å². The third-order valence-electron chi connectivity index (χ3n) is 2.45. The quantitative estimate of drug-likeness (QED) is 0.855. The fourth-order valence-corrected chi connectivity index (χ4v) is 1.53. The third kappa shape index (κ3) is 2.91. The maximum atomic E-state index is 11.9. The van der Waals surface area contributed by atoms with E-state index in [0.717, 1.165) is 16.9 Å². The molecule has 86 valence electrons. The lowest BCUT2D eigenvalue weighted by atomic mass is 10.2. The van der Waals surface area contributed by atoms with Crippen molar-refractivity contribution in [1.82, 2.24) is 4.98 Å². The molecule has 0 aliphatic rings. The molecule has 0 radical (unpaired) electrons. The zero-order chi connectivity index (χ0) is 12.3. The monoisotopic (exact) mass is 226 g/mol. The summed E-state index contributed by atoms with van der Waals surface area (Å²) in [5.41, 5.74) is 3.38. The van der Waals surface area contributed by atoms with E-state index < -0.39 is 0 Å². The first-order valence-electron chi connectivity index (χ1n) is 5.46. The molecule has 0 aliphatic heterocycles. The van der Waals surface area contributed by atoms with Gasteiger partial charge >= 0.3 is 0 Å². The van der Waals surface area contributed by atoms with Crippen LogP contribution in [0.1, 0.15) is 21.6 Å². The molecule has 0 atom stereocenters. The lowest BCUT2D eigenvalue weighted by Gasteiger charge is -2.05. The molecule has 0 saturated heterocycles. The number of amides is 1. The molecule has 0 spiro atoms. The summed E-state index contributed by atoms with van der Waals surface area (Å²) in [4.78, 5) is 16.0. The highest BCUT2D eigenvalue weighted by Gasteiger charge is 2.05. The number of aromatic nitrogens is 1. The van der Waals surface area contributed by atoms with Gasteiger partial charge in [-0.3, -0.25) is 9.78 Å². The van der Waals surface area contributed by atoms with Crippen molar-refractivity contribution in [3.63, 3.8) is 0 Å². The summed E-state index contributed by atoms with van der Waals surface area (Å²) in [5.74, 6) is -0.136. The molecule has 0 fully saturated rings. The van der Waals surface area contributed by atoms with Crippen LogP contribution in [0, 0.1) is 13.8 Å². The van der Waals surface area contributed by atoms with Crippen LogP contribution in [0.2, 0.25) is 0 Å². The number of anilines is 1. The number of nitrogens with zero attached hydrogens (tertiary/aromatic N) is 1. The van der Waals surface area contributed by atoms with Gasteiger partial charge < -0.3 is 5.32 Å². The Morgan fingerprint density at radius 3 is 2.65 bits per heavy atom. The second-order valence-electron chi connectivity index (χ2n) is 4.01. The van der Waals surface area contributed by atoms with E-state index in [4.69, 9.17) is 0 Å². The van der Waals surface area contributed by atoms with Gasteiger partial charge in [0.2, 0.25) is 0 Å². The van der Waals surface area contributed by atoms with Crippen molar-refractivity contribution in [2.75, 3.05) is 5.32 Å². The number of carbonyl (C=O) groups excluding carboxylic acids is 1. The Kier molecular flexibility index (Phi) is 3.19. The van der Waals surface area contributed by atoms with E-state index in [1.165, 1.54) is 0 Å². The van der Waals surface area contributed by atoms with Crippen LogP contribution in [0.3, 0.4) is 0 Å². The average molecular weight is 226 g/mol. The van der Waals surface area contributed by atoms with Gasteiger partial charge in [0.05, 0.1) is 5.56 Å². The van der Waals surface area contributed by atoms with Crippen LogP contribution in [-0.2, 0) is 0 Å². The van der Waals surface area contributed by atoms with Crippen molar-refractivity contribution in [2.45, 2.75) is 13.8 Å². The number of rotatable bonds is 2. The van der Waals surface area contributed by atoms with Crippen LogP contribution in [-0.4, -0.2) is 10.9 Å². The van der Waals surface area contributed by atoms with Crippen molar-refractivity contribution < 1.29 is 4.79 Å². The Morgan fingerprint density at radius 2 is 2.00 bits per heavy atom. The van der Waals surface area contributed by atoms with Crippen molar-refractivity contribution in [3.05, 3.63) is 59.4 Å². The van der Waals surface area contributed by atoms with Crippen LogP contribution in [0.5, 0.6) is 0 Å². The molecule has 1 heterocycles. The minimum atomic E-state index is -0.136. The first-order valence-corrected chi connectivity index (χ1v) is 5.46. The third-order valence-corrected chi connectivity index (χ3v) is 2.45. The second kappa shape index (κ2) is 4.78. The Hall–Kier alpha value is -2.16. The molecular weight excluding hydrogens is 212 g/mol. The van der Waals surface area contributed by atoms with E-state index in [0.29, 0.717) is 5.56 Å². The molecule has 0 saturated carbocycles. The summed E-state index contributed by atoms with van der Waals surface area (Å²) < 4.78 is 0.